The van der Waals surface area contributed by atoms with E-state index in [1.807, 2.05) is 36.1 Å². The third-order valence-electron chi connectivity index (χ3n) is 7.08. The maximum atomic E-state index is 13.3. The molecule has 3 rings (SSSR count). The van der Waals surface area contributed by atoms with Crippen LogP contribution in [0, 0.1) is 11.3 Å². The highest BCUT2D eigenvalue weighted by molar-refractivity contribution is 5.79. The van der Waals surface area contributed by atoms with Crippen molar-refractivity contribution in [1.29, 1.82) is 0 Å². The number of carboxylic acids is 1. The summed E-state index contributed by atoms with van der Waals surface area (Å²) in [5.41, 5.74) is 6.47. The normalized spacial score (nSPS) is 22.1. The van der Waals surface area contributed by atoms with Gasteiger partial charge in [-0.3, -0.25) is 14.5 Å². The van der Waals surface area contributed by atoms with Gasteiger partial charge in [0.1, 0.15) is 0 Å². The molecule has 3 atom stereocenters. The second-order valence-corrected chi connectivity index (χ2v) is 10.3. The molecule has 8 heteroatoms. The fraction of sp³-hybridized carbons (Fsp3) is 0.630. The molecular weight excluding hydrogens is 446 g/mol. The fourth-order valence-electron chi connectivity index (χ4n) is 5.43. The Balaban J connectivity index is 1.92. The lowest BCUT2D eigenvalue weighted by atomic mass is 9.77. The van der Waals surface area contributed by atoms with E-state index >= 15 is 0 Å². The van der Waals surface area contributed by atoms with Gasteiger partial charge in [0, 0.05) is 38.1 Å². The molecule has 2 aliphatic heterocycles. The second kappa shape index (κ2) is 11.9. The van der Waals surface area contributed by atoms with E-state index in [-0.39, 0.29) is 36.6 Å². The molecule has 2 aliphatic rings. The summed E-state index contributed by atoms with van der Waals surface area (Å²) in [5.74, 6) is -0.432. The minimum absolute atomic E-state index is 0.00761. The Kier molecular flexibility index (Phi) is 9.19. The molecular formula is C27H41N3O5. The molecule has 0 unspecified atom stereocenters. The highest BCUT2D eigenvalue weighted by Gasteiger charge is 2.48. The van der Waals surface area contributed by atoms with Gasteiger partial charge in [-0.05, 0) is 42.9 Å². The number of ether oxygens (including phenoxy) is 2. The Labute approximate surface area is 209 Å². The number of nitrogens with two attached hydrogens (primary N) is 1. The van der Waals surface area contributed by atoms with Crippen LogP contribution in [0.25, 0.3) is 0 Å². The van der Waals surface area contributed by atoms with Gasteiger partial charge in [-0.2, -0.15) is 0 Å². The van der Waals surface area contributed by atoms with Crippen molar-refractivity contribution in [2.45, 2.75) is 58.9 Å². The van der Waals surface area contributed by atoms with Crippen molar-refractivity contribution < 1.29 is 24.2 Å². The average molecular weight is 488 g/mol. The number of rotatable bonds is 12. The zero-order valence-electron chi connectivity index (χ0n) is 21.5. The topological polar surface area (TPSA) is 105 Å². The maximum absolute atomic E-state index is 13.3. The summed E-state index contributed by atoms with van der Waals surface area (Å²) in [7, 11) is 0. The van der Waals surface area contributed by atoms with E-state index in [1.54, 1.807) is 0 Å². The highest BCUT2D eigenvalue weighted by Crippen LogP contribution is 2.44. The zero-order valence-corrected chi connectivity index (χ0v) is 21.5. The van der Waals surface area contributed by atoms with E-state index in [4.69, 9.17) is 15.2 Å². The summed E-state index contributed by atoms with van der Waals surface area (Å²) in [6, 6.07) is 5.38. The molecule has 35 heavy (non-hydrogen) atoms. The van der Waals surface area contributed by atoms with Crippen LogP contribution in [0.4, 0.5) is 0 Å². The molecule has 1 amide bonds. The van der Waals surface area contributed by atoms with Crippen molar-refractivity contribution in [3.8, 4) is 11.5 Å². The molecule has 0 spiro atoms. The molecule has 1 aromatic rings. The van der Waals surface area contributed by atoms with E-state index < -0.39 is 11.9 Å². The zero-order chi connectivity index (χ0) is 25.6. The van der Waals surface area contributed by atoms with E-state index in [0.717, 1.165) is 18.4 Å². The van der Waals surface area contributed by atoms with Gasteiger partial charge < -0.3 is 25.2 Å². The highest BCUT2D eigenvalue weighted by atomic mass is 16.7. The molecule has 1 saturated heterocycles. The summed E-state index contributed by atoms with van der Waals surface area (Å²) in [6.07, 6.45) is 6.66. The quantitative estimate of drug-likeness (QED) is 0.435. The summed E-state index contributed by atoms with van der Waals surface area (Å²) in [5, 5.41) is 10.4. The summed E-state index contributed by atoms with van der Waals surface area (Å²) >= 11 is 0. The van der Waals surface area contributed by atoms with Crippen LogP contribution >= 0.6 is 0 Å². The van der Waals surface area contributed by atoms with Crippen LogP contribution in [0.15, 0.2) is 30.4 Å². The van der Waals surface area contributed by atoms with Crippen molar-refractivity contribution in [3.05, 3.63) is 35.9 Å². The third-order valence-corrected chi connectivity index (χ3v) is 7.08. The number of aliphatic carboxylic acids is 1. The predicted octanol–water partition coefficient (Wildman–Crippen LogP) is 3.46. The van der Waals surface area contributed by atoms with E-state index in [2.05, 4.69) is 31.7 Å². The molecule has 0 bridgehead atoms. The fourth-order valence-corrected chi connectivity index (χ4v) is 5.43. The van der Waals surface area contributed by atoms with Crippen LogP contribution in [-0.4, -0.2) is 72.3 Å². The lowest BCUT2D eigenvalue weighted by Gasteiger charge is -2.34. The SMILES string of the molecule is CC=CC(C)(C)C[C@H]1[C@H](C(=O)O)[C@@H](c2ccc3c(c2)OCO3)CN1CC(=O)N(CCN)CCCC. The number of nitrogens with zero attached hydrogens (tertiary/aromatic N) is 2. The first-order valence-electron chi connectivity index (χ1n) is 12.7. The van der Waals surface area contributed by atoms with Gasteiger partial charge in [-0.1, -0.05) is 45.4 Å². The molecule has 3 N–H and O–H groups in total. The monoisotopic (exact) mass is 487 g/mol. The second-order valence-electron chi connectivity index (χ2n) is 10.3. The van der Waals surface area contributed by atoms with Crippen LogP contribution in [0.3, 0.4) is 0 Å². The first kappa shape index (κ1) is 27.0. The summed E-state index contributed by atoms with van der Waals surface area (Å²) < 4.78 is 11.0. The van der Waals surface area contributed by atoms with E-state index in [0.29, 0.717) is 44.1 Å². The van der Waals surface area contributed by atoms with Crippen molar-refractivity contribution in [2.24, 2.45) is 17.1 Å². The first-order chi connectivity index (χ1) is 16.7. The van der Waals surface area contributed by atoms with Gasteiger partial charge in [-0.15, -0.1) is 0 Å². The standard InChI is InChI=1S/C27H41N3O5/c1-5-7-12-29(13-11-28)24(31)17-30-16-20(19-8-9-22-23(14-19)35-18-34-22)25(26(32)33)21(30)15-27(3,4)10-6-2/h6,8-10,14,20-21,25H,5,7,11-13,15-18,28H2,1-4H3,(H,32,33)/t20-,21+,25-/m1/s1. The minimum atomic E-state index is -0.839. The van der Waals surface area contributed by atoms with Crippen LogP contribution in [-0.2, 0) is 9.59 Å². The van der Waals surface area contributed by atoms with E-state index in [1.165, 1.54) is 0 Å². The number of amides is 1. The molecule has 194 valence electrons. The summed E-state index contributed by atoms with van der Waals surface area (Å²) in [4.78, 5) is 29.9. The number of carbonyl (C=O) groups is 2. The van der Waals surface area contributed by atoms with Crippen molar-refractivity contribution in [3.63, 3.8) is 0 Å². The minimum Gasteiger partial charge on any atom is -0.481 e. The number of carbonyl (C=O) groups excluding carboxylic acids is 1. The number of allylic oxidation sites excluding steroid dienone is 2. The number of hydrogen-bond acceptors (Lipinski definition) is 6. The van der Waals surface area contributed by atoms with E-state index in [9.17, 15) is 14.7 Å². The number of unbranched alkanes of at least 4 members (excludes halogenated alkanes) is 1. The Hall–Kier alpha value is -2.58. The molecule has 2 heterocycles. The first-order valence-corrected chi connectivity index (χ1v) is 12.7. The number of benzene rings is 1. The van der Waals surface area contributed by atoms with Crippen molar-refractivity contribution in [1.82, 2.24) is 9.80 Å². The van der Waals surface area contributed by atoms with Crippen molar-refractivity contribution in [2.75, 3.05) is 39.5 Å². The number of likely N-dealkylation sites (tertiary alicyclic amines) is 1. The molecule has 1 fully saturated rings. The average Bonchev–Trinajstić information content (AvgIpc) is 3.40. The largest absolute Gasteiger partial charge is 0.481 e. The smallest absolute Gasteiger partial charge is 0.308 e. The Bertz CT molecular complexity index is 916. The van der Waals surface area contributed by atoms with Gasteiger partial charge in [0.05, 0.1) is 12.5 Å². The molecule has 0 aromatic heterocycles. The van der Waals surface area contributed by atoms with Gasteiger partial charge in [0.25, 0.3) is 0 Å². The Morgan fingerprint density at radius 2 is 2.00 bits per heavy atom. The molecule has 0 saturated carbocycles. The number of carboxylic acid groups (broad SMARTS) is 1. The lowest BCUT2D eigenvalue weighted by molar-refractivity contribution is -0.144. The van der Waals surface area contributed by atoms with Crippen LogP contribution in [0.2, 0.25) is 0 Å². The molecule has 0 radical (unpaired) electrons. The molecule has 0 aliphatic carbocycles. The van der Waals surface area contributed by atoms with Gasteiger partial charge in [-0.25, -0.2) is 0 Å². The Morgan fingerprint density at radius 3 is 2.66 bits per heavy atom. The van der Waals surface area contributed by atoms with Crippen LogP contribution in [0.5, 0.6) is 11.5 Å². The third kappa shape index (κ3) is 6.55. The molecule has 8 nitrogen and oxygen atoms in total. The maximum Gasteiger partial charge on any atom is 0.308 e. The lowest BCUT2D eigenvalue weighted by Crippen LogP contribution is -2.46. The van der Waals surface area contributed by atoms with Gasteiger partial charge in [0.2, 0.25) is 12.7 Å². The van der Waals surface area contributed by atoms with Gasteiger partial charge >= 0.3 is 5.97 Å². The van der Waals surface area contributed by atoms with Crippen LogP contribution < -0.4 is 15.2 Å². The van der Waals surface area contributed by atoms with Gasteiger partial charge in [0.15, 0.2) is 11.5 Å². The van der Waals surface area contributed by atoms with Crippen LogP contribution in [0.1, 0.15) is 58.4 Å². The van der Waals surface area contributed by atoms with Crippen molar-refractivity contribution >= 4 is 11.9 Å². The number of hydrogen-bond donors (Lipinski definition) is 2. The Morgan fingerprint density at radius 1 is 1.26 bits per heavy atom. The summed E-state index contributed by atoms with van der Waals surface area (Å²) in [6.45, 7) is 10.7. The number of fused-ring (bicyclic) bond motifs is 1. The predicted molar refractivity (Wildman–Crippen MR) is 136 cm³/mol. The molecule has 1 aromatic carbocycles.